The summed E-state index contributed by atoms with van der Waals surface area (Å²) in [5.41, 5.74) is 0.785. The molecule has 0 radical (unpaired) electrons. The number of ether oxygens (including phenoxy) is 1. The van der Waals surface area contributed by atoms with Crippen LogP contribution in [-0.2, 0) is 11.8 Å². The topological polar surface area (TPSA) is 68.5 Å². The van der Waals surface area contributed by atoms with Gasteiger partial charge in [-0.1, -0.05) is 0 Å². The highest BCUT2D eigenvalue weighted by Crippen LogP contribution is 2.19. The molecule has 2 rings (SSSR count). The Morgan fingerprint density at radius 3 is 2.84 bits per heavy atom. The van der Waals surface area contributed by atoms with Crippen LogP contribution in [0.4, 0.5) is 0 Å². The van der Waals surface area contributed by atoms with Gasteiger partial charge in [0.1, 0.15) is 5.75 Å². The molecule has 19 heavy (non-hydrogen) atoms. The summed E-state index contributed by atoms with van der Waals surface area (Å²) in [6.45, 7) is 0.365. The summed E-state index contributed by atoms with van der Waals surface area (Å²) in [6.07, 6.45) is 0.572. The normalized spacial score (nSPS) is 10.6. The van der Waals surface area contributed by atoms with Crippen LogP contribution in [0.2, 0.25) is 0 Å². The molecule has 0 bridgehead atoms. The second-order valence-electron chi connectivity index (χ2n) is 4.30. The molecule has 0 atom stereocenters. The first-order valence-corrected chi connectivity index (χ1v) is 6.02. The lowest BCUT2D eigenvalue weighted by atomic mass is 10.2. The summed E-state index contributed by atoms with van der Waals surface area (Å²) in [4.78, 5) is 21.8. The van der Waals surface area contributed by atoms with Gasteiger partial charge in [-0.2, -0.15) is 0 Å². The van der Waals surface area contributed by atoms with Crippen molar-refractivity contribution in [2.45, 2.75) is 12.8 Å². The van der Waals surface area contributed by atoms with Crippen LogP contribution in [0.3, 0.4) is 0 Å². The molecule has 5 nitrogen and oxygen atoms in total. The van der Waals surface area contributed by atoms with E-state index in [1.165, 1.54) is 6.07 Å². The number of hydrogen-bond acceptors (Lipinski definition) is 3. The molecule has 1 aromatic heterocycles. The molecule has 0 aliphatic heterocycles. The van der Waals surface area contributed by atoms with Crippen LogP contribution >= 0.6 is 0 Å². The Kier molecular flexibility index (Phi) is 3.85. The average Bonchev–Trinajstić information content (AvgIpc) is 2.39. The number of fused-ring (bicyclic) bond motifs is 1. The van der Waals surface area contributed by atoms with E-state index in [-0.39, 0.29) is 12.0 Å². The number of hydrogen-bond donors (Lipinski definition) is 1. The van der Waals surface area contributed by atoms with Crippen LogP contribution in [0.1, 0.15) is 12.8 Å². The van der Waals surface area contributed by atoms with E-state index < -0.39 is 5.97 Å². The Balaban J connectivity index is 2.12. The molecule has 1 heterocycles. The van der Waals surface area contributed by atoms with Crippen molar-refractivity contribution in [3.05, 3.63) is 40.7 Å². The van der Waals surface area contributed by atoms with Crippen molar-refractivity contribution in [1.82, 2.24) is 4.57 Å². The molecule has 2 aromatic rings. The average molecular weight is 261 g/mol. The zero-order valence-corrected chi connectivity index (χ0v) is 10.6. The Labute approximate surface area is 110 Å². The smallest absolute Gasteiger partial charge is 0.303 e. The fourth-order valence-electron chi connectivity index (χ4n) is 1.87. The number of carbonyl (C=O) groups is 1. The van der Waals surface area contributed by atoms with Crippen molar-refractivity contribution >= 4 is 16.9 Å². The number of carboxylic acids is 1. The standard InChI is InChI=1S/C14H15NO4/c1-15-12-6-5-11(19-8-2-3-14(17)18)9-10(12)4-7-13(15)16/h4-7,9H,2-3,8H2,1H3,(H,17,18). The third-order valence-corrected chi connectivity index (χ3v) is 2.90. The van der Waals surface area contributed by atoms with Gasteiger partial charge in [0.15, 0.2) is 0 Å². The molecule has 0 aliphatic rings. The minimum Gasteiger partial charge on any atom is -0.494 e. The first kappa shape index (κ1) is 13.1. The second kappa shape index (κ2) is 5.56. The fourth-order valence-corrected chi connectivity index (χ4v) is 1.87. The van der Waals surface area contributed by atoms with Crippen LogP contribution < -0.4 is 10.3 Å². The van der Waals surface area contributed by atoms with Gasteiger partial charge in [-0.05, 0) is 30.7 Å². The first-order chi connectivity index (χ1) is 9.08. The van der Waals surface area contributed by atoms with Gasteiger partial charge in [0.25, 0.3) is 5.56 Å². The number of aliphatic carboxylic acids is 1. The molecule has 0 fully saturated rings. The lowest BCUT2D eigenvalue weighted by Crippen LogP contribution is -2.14. The van der Waals surface area contributed by atoms with Crippen molar-refractivity contribution < 1.29 is 14.6 Å². The molecule has 0 unspecified atom stereocenters. The lowest BCUT2D eigenvalue weighted by molar-refractivity contribution is -0.137. The molecular formula is C14H15NO4. The van der Waals surface area contributed by atoms with Crippen LogP contribution in [0.15, 0.2) is 35.1 Å². The van der Waals surface area contributed by atoms with Gasteiger partial charge in [-0.25, -0.2) is 0 Å². The van der Waals surface area contributed by atoms with E-state index in [0.29, 0.717) is 18.8 Å². The number of carboxylic acid groups (broad SMARTS) is 1. The van der Waals surface area contributed by atoms with Crippen LogP contribution in [0.25, 0.3) is 10.9 Å². The van der Waals surface area contributed by atoms with Gasteiger partial charge < -0.3 is 14.4 Å². The summed E-state index contributed by atoms with van der Waals surface area (Å²) in [6, 6.07) is 8.71. The zero-order chi connectivity index (χ0) is 13.8. The Hall–Kier alpha value is -2.30. The van der Waals surface area contributed by atoms with Crippen LogP contribution in [-0.4, -0.2) is 22.2 Å². The summed E-state index contributed by atoms with van der Waals surface area (Å²) in [7, 11) is 1.72. The number of aromatic nitrogens is 1. The molecular weight excluding hydrogens is 246 g/mol. The van der Waals surface area contributed by atoms with Gasteiger partial charge >= 0.3 is 5.97 Å². The summed E-state index contributed by atoms with van der Waals surface area (Å²) < 4.78 is 7.06. The summed E-state index contributed by atoms with van der Waals surface area (Å²) >= 11 is 0. The molecule has 0 aliphatic carbocycles. The third-order valence-electron chi connectivity index (χ3n) is 2.90. The Morgan fingerprint density at radius 1 is 1.32 bits per heavy atom. The second-order valence-corrected chi connectivity index (χ2v) is 4.30. The van der Waals surface area contributed by atoms with E-state index >= 15 is 0 Å². The van der Waals surface area contributed by atoms with Crippen molar-refractivity contribution in [3.63, 3.8) is 0 Å². The summed E-state index contributed by atoms with van der Waals surface area (Å²) in [5.74, 6) is -0.145. The number of benzene rings is 1. The maximum Gasteiger partial charge on any atom is 0.303 e. The largest absolute Gasteiger partial charge is 0.494 e. The Bertz CT molecular complexity index is 660. The van der Waals surface area contributed by atoms with Gasteiger partial charge in [0.05, 0.1) is 12.1 Å². The SMILES string of the molecule is Cn1c(=O)ccc2cc(OCCCC(=O)O)ccc21. The Morgan fingerprint density at radius 2 is 2.11 bits per heavy atom. The highest BCUT2D eigenvalue weighted by molar-refractivity contribution is 5.80. The number of nitrogens with zero attached hydrogens (tertiary/aromatic N) is 1. The maximum atomic E-state index is 11.5. The van der Waals surface area contributed by atoms with E-state index in [9.17, 15) is 9.59 Å². The number of aryl methyl sites for hydroxylation is 1. The monoisotopic (exact) mass is 261 g/mol. The molecule has 0 saturated heterocycles. The molecule has 0 spiro atoms. The minimum absolute atomic E-state index is 0.0531. The van der Waals surface area contributed by atoms with E-state index in [0.717, 1.165) is 10.9 Å². The van der Waals surface area contributed by atoms with Crippen LogP contribution in [0.5, 0.6) is 5.75 Å². The number of pyridine rings is 1. The maximum absolute atomic E-state index is 11.5. The molecule has 0 saturated carbocycles. The van der Waals surface area contributed by atoms with Crippen molar-refractivity contribution in [2.24, 2.45) is 7.05 Å². The minimum atomic E-state index is -0.822. The highest BCUT2D eigenvalue weighted by Gasteiger charge is 2.02. The highest BCUT2D eigenvalue weighted by atomic mass is 16.5. The predicted octanol–water partition coefficient (Wildman–Crippen LogP) is 1.78. The van der Waals surface area contributed by atoms with E-state index in [1.54, 1.807) is 23.7 Å². The first-order valence-electron chi connectivity index (χ1n) is 6.02. The zero-order valence-electron chi connectivity index (χ0n) is 10.6. The van der Waals surface area contributed by atoms with Crippen molar-refractivity contribution in [2.75, 3.05) is 6.61 Å². The molecule has 1 aromatic carbocycles. The third kappa shape index (κ3) is 3.13. The van der Waals surface area contributed by atoms with Crippen molar-refractivity contribution in [1.29, 1.82) is 0 Å². The molecule has 0 amide bonds. The predicted molar refractivity (Wildman–Crippen MR) is 71.6 cm³/mol. The fraction of sp³-hybridized carbons (Fsp3) is 0.286. The molecule has 5 heteroatoms. The molecule has 100 valence electrons. The molecule has 1 N–H and O–H groups in total. The van der Waals surface area contributed by atoms with E-state index in [4.69, 9.17) is 9.84 Å². The van der Waals surface area contributed by atoms with Gasteiger partial charge in [-0.15, -0.1) is 0 Å². The quantitative estimate of drug-likeness (QED) is 0.833. The van der Waals surface area contributed by atoms with Gasteiger partial charge in [-0.3, -0.25) is 9.59 Å². The van der Waals surface area contributed by atoms with Gasteiger partial charge in [0.2, 0.25) is 0 Å². The van der Waals surface area contributed by atoms with Crippen LogP contribution in [0, 0.1) is 0 Å². The van der Waals surface area contributed by atoms with Gasteiger partial charge in [0, 0.05) is 24.9 Å². The van der Waals surface area contributed by atoms with E-state index in [1.807, 2.05) is 12.1 Å². The van der Waals surface area contributed by atoms with Crippen molar-refractivity contribution in [3.8, 4) is 5.75 Å². The van der Waals surface area contributed by atoms with E-state index in [2.05, 4.69) is 0 Å². The summed E-state index contributed by atoms with van der Waals surface area (Å²) in [5, 5.41) is 9.44. The lowest BCUT2D eigenvalue weighted by Gasteiger charge is -2.08. The number of rotatable bonds is 5.